The molecule has 11 aliphatic rings. The molecule has 8 saturated carbocycles. The van der Waals surface area contributed by atoms with E-state index in [9.17, 15) is 0 Å². The van der Waals surface area contributed by atoms with Gasteiger partial charge in [-0.25, -0.2) is 0 Å². The number of nitrogens with zero attached hydrogens (tertiary/aromatic N) is 2. The van der Waals surface area contributed by atoms with Gasteiger partial charge in [0.2, 0.25) is 0 Å². The van der Waals surface area contributed by atoms with Crippen LogP contribution in [0.15, 0.2) is 117 Å². The van der Waals surface area contributed by atoms with E-state index in [-0.39, 0.29) is 6.85 Å². The van der Waals surface area contributed by atoms with Crippen LogP contribution in [-0.4, -0.2) is 11.3 Å². The molecule has 0 unspecified atom stereocenters. The molecule has 8 aliphatic carbocycles. The van der Waals surface area contributed by atoms with Crippen LogP contribution in [0.2, 0.25) is 0 Å². The average Bonchev–Trinajstić information content (AvgIpc) is 3.80. The Kier molecular flexibility index (Phi) is 5.82. The minimum Gasteiger partial charge on any atom is -0.454 e. The summed E-state index contributed by atoms with van der Waals surface area (Å²) in [6.07, 6.45) is 17.2. The first-order valence-electron chi connectivity index (χ1n) is 23.9. The van der Waals surface area contributed by atoms with Crippen LogP contribution >= 0.6 is 11.8 Å². The number of anilines is 3. The topological polar surface area (TPSA) is 21.3 Å². The van der Waals surface area contributed by atoms with Gasteiger partial charge in [-0.1, -0.05) is 60.3 Å². The SMILES string of the molecule is c1ccc2c(c1)Sc1cccc3c1N2c1c2c(cc4c1oc1ccccc14)-c1cc(C45CC6CC(CC(C6)C4)C5)cc4c5cc(C67CC8CC(CC(C8)C6)C7)ccc5n(c14)B32. The second kappa shape index (κ2) is 10.8. The van der Waals surface area contributed by atoms with Crippen molar-refractivity contribution in [2.45, 2.75) is 97.7 Å². The second-order valence-corrected chi connectivity index (χ2v) is 23.2. The lowest BCUT2D eigenvalue weighted by Gasteiger charge is -2.57. The summed E-state index contributed by atoms with van der Waals surface area (Å²) in [4.78, 5) is 5.26. The molecule has 5 heterocycles. The first-order valence-corrected chi connectivity index (χ1v) is 24.7. The summed E-state index contributed by atoms with van der Waals surface area (Å²) in [6.45, 7) is 0.0305. The zero-order chi connectivity index (χ0) is 39.1. The molecule has 296 valence electrons. The molecule has 8 fully saturated rings. The largest absolute Gasteiger partial charge is 0.454 e. The van der Waals surface area contributed by atoms with Crippen molar-refractivity contribution in [1.82, 2.24) is 4.48 Å². The van der Waals surface area contributed by atoms with Gasteiger partial charge in [0.05, 0.1) is 17.1 Å². The van der Waals surface area contributed by atoms with Gasteiger partial charge >= 0.3 is 6.85 Å². The van der Waals surface area contributed by atoms with E-state index >= 15 is 0 Å². The van der Waals surface area contributed by atoms with Gasteiger partial charge in [-0.05, 0) is 206 Å². The molecule has 19 rings (SSSR count). The molecule has 2 aromatic heterocycles. The molecule has 61 heavy (non-hydrogen) atoms. The van der Waals surface area contributed by atoms with Crippen molar-refractivity contribution in [3.8, 4) is 11.1 Å². The van der Waals surface area contributed by atoms with Gasteiger partial charge in [0.15, 0.2) is 5.58 Å². The van der Waals surface area contributed by atoms with Crippen LogP contribution in [0.3, 0.4) is 0 Å². The van der Waals surface area contributed by atoms with Crippen molar-refractivity contribution in [1.29, 1.82) is 0 Å². The van der Waals surface area contributed by atoms with Crippen molar-refractivity contribution in [2.75, 3.05) is 4.90 Å². The van der Waals surface area contributed by atoms with Crippen LogP contribution in [0.4, 0.5) is 17.1 Å². The van der Waals surface area contributed by atoms with Crippen LogP contribution in [0.25, 0.3) is 54.9 Å². The fraction of sp³-hybridized carbons (Fsp3) is 0.357. The molecule has 5 heteroatoms. The summed E-state index contributed by atoms with van der Waals surface area (Å²) in [6, 6.07) is 41.1. The molecule has 3 aliphatic heterocycles. The molecule has 0 saturated heterocycles. The third kappa shape index (κ3) is 3.97. The second-order valence-electron chi connectivity index (χ2n) is 22.1. The Bertz CT molecular complexity index is 3280. The van der Waals surface area contributed by atoms with Gasteiger partial charge in [0.25, 0.3) is 0 Å². The third-order valence-electron chi connectivity index (χ3n) is 18.8. The Balaban J connectivity index is 1.02. The van der Waals surface area contributed by atoms with Gasteiger partial charge < -0.3 is 13.8 Å². The molecule has 0 N–H and O–H groups in total. The predicted octanol–water partition coefficient (Wildman–Crippen LogP) is 13.5. The maximum atomic E-state index is 7.14. The fourth-order valence-corrected chi connectivity index (χ4v) is 18.6. The van der Waals surface area contributed by atoms with Crippen LogP contribution < -0.4 is 15.8 Å². The zero-order valence-electron chi connectivity index (χ0n) is 34.6. The van der Waals surface area contributed by atoms with Crippen LogP contribution in [-0.2, 0) is 10.8 Å². The monoisotopic (exact) mass is 806 g/mol. The standard InChI is InChI=1S/C56H47BN2OS/c1-3-9-47-38(6-1)43-23-40-42-22-37(56-27-33-17-34(28-56)19-35(18-33)29-56)21-41-39-20-36(55-24-30-14-31(25-55)16-32(15-30)26-55)12-13-45(39)59(51(41)42)57-44-7-5-11-49-52(44)58(53(50(40)57)54(43)60-47)46-8-2-4-10-48(46)61-49/h1-13,20-23,30-35H,14-19,24-29H2. The Morgan fingerprint density at radius 2 is 1.20 bits per heavy atom. The maximum Gasteiger partial charge on any atom is 0.333 e. The van der Waals surface area contributed by atoms with E-state index < -0.39 is 0 Å². The minimum absolute atomic E-state index is 0.0305. The molecule has 8 aromatic rings. The maximum absolute atomic E-state index is 7.14. The molecule has 3 nitrogen and oxygen atoms in total. The molecule has 6 aromatic carbocycles. The summed E-state index contributed by atoms with van der Waals surface area (Å²) in [5, 5.41) is 5.47. The molecule has 8 bridgehead atoms. The van der Waals surface area contributed by atoms with Crippen LogP contribution in [0.1, 0.15) is 88.2 Å². The molecular weight excluding hydrogens is 760 g/mol. The Morgan fingerprint density at radius 3 is 1.95 bits per heavy atom. The van der Waals surface area contributed by atoms with Crippen molar-refractivity contribution >= 4 is 90.3 Å². The number of fused-ring (bicyclic) bond motifs is 13. The highest BCUT2D eigenvalue weighted by Crippen LogP contribution is 2.64. The molecule has 0 radical (unpaired) electrons. The lowest BCUT2D eigenvalue weighted by Crippen LogP contribution is -2.57. The van der Waals surface area contributed by atoms with E-state index in [4.69, 9.17) is 4.42 Å². The highest BCUT2D eigenvalue weighted by Gasteiger charge is 2.54. The molecule has 0 amide bonds. The van der Waals surface area contributed by atoms with E-state index in [1.54, 1.807) is 11.1 Å². The van der Waals surface area contributed by atoms with Crippen LogP contribution in [0.5, 0.6) is 0 Å². The molecule has 0 atom stereocenters. The van der Waals surface area contributed by atoms with Gasteiger partial charge in [0, 0.05) is 47.9 Å². The van der Waals surface area contributed by atoms with E-state index in [1.807, 2.05) is 11.8 Å². The van der Waals surface area contributed by atoms with E-state index in [0.717, 1.165) is 46.7 Å². The predicted molar refractivity (Wildman–Crippen MR) is 251 cm³/mol. The highest BCUT2D eigenvalue weighted by atomic mass is 32.2. The van der Waals surface area contributed by atoms with Crippen molar-refractivity contribution in [3.05, 3.63) is 114 Å². The van der Waals surface area contributed by atoms with Crippen molar-refractivity contribution < 1.29 is 4.42 Å². The van der Waals surface area contributed by atoms with E-state index in [1.165, 1.54) is 159 Å². The number of rotatable bonds is 2. The van der Waals surface area contributed by atoms with Crippen LogP contribution in [0, 0.1) is 35.5 Å². The first-order chi connectivity index (χ1) is 30.0. The summed E-state index contributed by atoms with van der Waals surface area (Å²) in [7, 11) is 0. The van der Waals surface area contributed by atoms with Crippen molar-refractivity contribution in [3.63, 3.8) is 0 Å². The number of hydrogen-bond acceptors (Lipinski definition) is 3. The Labute approximate surface area is 361 Å². The third-order valence-corrected chi connectivity index (χ3v) is 19.9. The lowest BCUT2D eigenvalue weighted by molar-refractivity contribution is -0.00527. The molecular formula is C56H47BN2OS. The zero-order valence-corrected chi connectivity index (χ0v) is 35.4. The fourth-order valence-electron chi connectivity index (χ4n) is 17.5. The number of furan rings is 1. The van der Waals surface area contributed by atoms with E-state index in [2.05, 4.69) is 113 Å². The van der Waals surface area contributed by atoms with Gasteiger partial charge in [-0.15, -0.1) is 0 Å². The quantitative estimate of drug-likeness (QED) is 0.162. The first kappa shape index (κ1) is 32.8. The lowest BCUT2D eigenvalue weighted by atomic mass is 9.44. The number of hydrogen-bond donors (Lipinski definition) is 0. The Morgan fingerprint density at radius 1 is 0.541 bits per heavy atom. The number of para-hydroxylation sites is 3. The number of benzene rings is 6. The molecule has 0 spiro atoms. The smallest absolute Gasteiger partial charge is 0.333 e. The minimum atomic E-state index is 0.0305. The van der Waals surface area contributed by atoms with Gasteiger partial charge in [0.1, 0.15) is 5.58 Å². The highest BCUT2D eigenvalue weighted by molar-refractivity contribution is 7.99. The summed E-state index contributed by atoms with van der Waals surface area (Å²) >= 11 is 1.93. The Hall–Kier alpha value is -4.87. The van der Waals surface area contributed by atoms with Gasteiger partial charge in [-0.2, -0.15) is 0 Å². The summed E-state index contributed by atoms with van der Waals surface area (Å²) < 4.78 is 9.98. The van der Waals surface area contributed by atoms with Gasteiger partial charge in [-0.3, -0.25) is 0 Å². The van der Waals surface area contributed by atoms with E-state index in [0.29, 0.717) is 10.8 Å². The summed E-state index contributed by atoms with van der Waals surface area (Å²) in [5.41, 5.74) is 18.3. The van der Waals surface area contributed by atoms with Crippen molar-refractivity contribution in [2.24, 2.45) is 35.5 Å². The normalized spacial score (nSPS) is 31.5. The number of aromatic nitrogens is 1. The average molecular weight is 807 g/mol. The summed E-state index contributed by atoms with van der Waals surface area (Å²) in [5.74, 6) is 5.49.